The van der Waals surface area contributed by atoms with E-state index in [1.165, 1.54) is 6.20 Å². The van der Waals surface area contributed by atoms with E-state index in [1.807, 2.05) is 30.3 Å². The van der Waals surface area contributed by atoms with Gasteiger partial charge in [0.1, 0.15) is 6.61 Å². The molecule has 3 aromatic carbocycles. The van der Waals surface area contributed by atoms with E-state index in [4.69, 9.17) is 4.74 Å². The van der Waals surface area contributed by atoms with Crippen LogP contribution in [-0.4, -0.2) is 22.3 Å². The number of hydrogen-bond acceptors (Lipinski definition) is 4. The molecule has 1 heterocycles. The smallest absolute Gasteiger partial charge is 0.422 e. The molecule has 0 unspecified atom stereocenters. The van der Waals surface area contributed by atoms with E-state index in [0.717, 1.165) is 26.8 Å². The van der Waals surface area contributed by atoms with Crippen molar-refractivity contribution in [3.63, 3.8) is 0 Å². The van der Waals surface area contributed by atoms with Gasteiger partial charge in [-0.25, -0.2) is 14.6 Å². The lowest BCUT2D eigenvalue weighted by molar-refractivity contribution is 0.144. The predicted octanol–water partition coefficient (Wildman–Crippen LogP) is 4.19. The highest BCUT2D eigenvalue weighted by Gasteiger charge is 2.29. The average Bonchev–Trinajstić information content (AvgIpc) is 3.06. The quantitative estimate of drug-likeness (QED) is 0.532. The number of rotatable bonds is 2. The van der Waals surface area contributed by atoms with Crippen molar-refractivity contribution in [3.8, 4) is 11.1 Å². The van der Waals surface area contributed by atoms with Crippen LogP contribution in [0.1, 0.15) is 17.0 Å². The van der Waals surface area contributed by atoms with Gasteiger partial charge in [-0.15, -0.1) is 0 Å². The molecule has 5 heteroatoms. The zero-order valence-corrected chi connectivity index (χ0v) is 14.9. The molecule has 136 valence electrons. The first-order chi connectivity index (χ1) is 13.7. The van der Waals surface area contributed by atoms with Gasteiger partial charge in [-0.05, 0) is 28.3 Å². The van der Waals surface area contributed by atoms with E-state index < -0.39 is 11.8 Å². The summed E-state index contributed by atoms with van der Waals surface area (Å²) in [5.41, 5.74) is 4.40. The number of ether oxygens (including phenoxy) is 1. The van der Waals surface area contributed by atoms with Gasteiger partial charge < -0.3 is 4.74 Å². The fraction of sp³-hybridized carbons (Fsp3) is 0.0870. The Labute approximate surface area is 160 Å². The summed E-state index contributed by atoms with van der Waals surface area (Å²) in [6.07, 6.45) is 0.751. The highest BCUT2D eigenvalue weighted by molar-refractivity contribution is 5.87. The summed E-state index contributed by atoms with van der Waals surface area (Å²) < 4.78 is 6.59. The third kappa shape index (κ3) is 2.52. The van der Waals surface area contributed by atoms with E-state index in [-0.39, 0.29) is 12.5 Å². The minimum Gasteiger partial charge on any atom is -0.448 e. The van der Waals surface area contributed by atoms with E-state index in [2.05, 4.69) is 29.2 Å². The summed E-state index contributed by atoms with van der Waals surface area (Å²) in [6, 6.07) is 23.4. The molecule has 4 aromatic rings. The maximum Gasteiger partial charge on any atom is 0.422 e. The van der Waals surface area contributed by atoms with Crippen LogP contribution in [0.2, 0.25) is 0 Å². The van der Waals surface area contributed by atoms with Crippen LogP contribution in [0.4, 0.5) is 4.79 Å². The zero-order valence-electron chi connectivity index (χ0n) is 14.9. The number of aromatic nitrogens is 2. The van der Waals surface area contributed by atoms with Gasteiger partial charge in [-0.3, -0.25) is 0 Å². The standard InChI is InChI=1S/C23H16N2O3/c26-22-24-13-15-7-1-6-12-21(15)25(22)23(27)28-14-20-18-10-4-2-8-16(18)17-9-3-5-11-19(17)20/h1-13,20H,14H2. The molecule has 0 saturated carbocycles. The van der Waals surface area contributed by atoms with Crippen molar-refractivity contribution >= 4 is 17.0 Å². The summed E-state index contributed by atoms with van der Waals surface area (Å²) in [7, 11) is 0. The van der Waals surface area contributed by atoms with Crippen molar-refractivity contribution in [2.75, 3.05) is 6.61 Å². The predicted molar refractivity (Wildman–Crippen MR) is 106 cm³/mol. The summed E-state index contributed by atoms with van der Waals surface area (Å²) in [4.78, 5) is 28.8. The van der Waals surface area contributed by atoms with Crippen molar-refractivity contribution in [2.45, 2.75) is 5.92 Å². The van der Waals surface area contributed by atoms with Crippen molar-refractivity contribution in [1.29, 1.82) is 0 Å². The second kappa shape index (κ2) is 6.46. The number of fused-ring (bicyclic) bond motifs is 4. The van der Waals surface area contributed by atoms with Crippen LogP contribution >= 0.6 is 0 Å². The molecule has 5 rings (SSSR count). The Morgan fingerprint density at radius 1 is 0.893 bits per heavy atom. The van der Waals surface area contributed by atoms with Gasteiger partial charge in [0.05, 0.1) is 5.52 Å². The fourth-order valence-electron chi connectivity index (χ4n) is 3.92. The summed E-state index contributed by atoms with van der Waals surface area (Å²) in [5, 5.41) is 0.704. The topological polar surface area (TPSA) is 61.2 Å². The van der Waals surface area contributed by atoms with Gasteiger partial charge >= 0.3 is 11.8 Å². The maximum absolute atomic E-state index is 12.8. The number of hydrogen-bond donors (Lipinski definition) is 0. The van der Waals surface area contributed by atoms with Crippen molar-refractivity contribution in [3.05, 3.63) is 101 Å². The van der Waals surface area contributed by atoms with Gasteiger partial charge in [-0.2, -0.15) is 4.57 Å². The molecular weight excluding hydrogens is 352 g/mol. The Morgan fingerprint density at radius 3 is 2.21 bits per heavy atom. The Bertz CT molecular complexity index is 1230. The molecule has 0 aliphatic heterocycles. The lowest BCUT2D eigenvalue weighted by Crippen LogP contribution is -2.30. The molecule has 0 amide bonds. The van der Waals surface area contributed by atoms with E-state index >= 15 is 0 Å². The molecule has 28 heavy (non-hydrogen) atoms. The molecule has 0 atom stereocenters. The minimum absolute atomic E-state index is 0.0602. The third-order valence-electron chi connectivity index (χ3n) is 5.20. The van der Waals surface area contributed by atoms with Gasteiger partial charge in [0.15, 0.2) is 0 Å². The number of carbonyl (C=O) groups excluding carboxylic acids is 1. The first-order valence-electron chi connectivity index (χ1n) is 9.06. The number of para-hydroxylation sites is 1. The number of nitrogens with zero attached hydrogens (tertiary/aromatic N) is 2. The highest BCUT2D eigenvalue weighted by Crippen LogP contribution is 2.44. The lowest BCUT2D eigenvalue weighted by atomic mass is 9.98. The first kappa shape index (κ1) is 16.4. The monoisotopic (exact) mass is 368 g/mol. The van der Waals surface area contributed by atoms with Crippen LogP contribution in [0.25, 0.3) is 22.0 Å². The average molecular weight is 368 g/mol. The van der Waals surface area contributed by atoms with Crippen molar-refractivity contribution in [1.82, 2.24) is 9.55 Å². The highest BCUT2D eigenvalue weighted by atomic mass is 16.5. The second-order valence-electron chi connectivity index (χ2n) is 6.74. The molecular formula is C23H16N2O3. The number of carbonyl (C=O) groups is 1. The van der Waals surface area contributed by atoms with Crippen LogP contribution in [0.5, 0.6) is 0 Å². The molecule has 0 N–H and O–H groups in total. The first-order valence-corrected chi connectivity index (χ1v) is 9.06. The second-order valence-corrected chi connectivity index (χ2v) is 6.74. The van der Waals surface area contributed by atoms with Gasteiger partial charge in [-0.1, -0.05) is 66.7 Å². The molecule has 0 radical (unpaired) electrons. The largest absolute Gasteiger partial charge is 0.448 e. The van der Waals surface area contributed by atoms with Gasteiger partial charge in [0.2, 0.25) is 0 Å². The SMILES string of the molecule is O=C(OCC1c2ccccc2-c2ccccc21)n1c(=O)ncc2ccccc21. The lowest BCUT2D eigenvalue weighted by Gasteiger charge is -2.15. The Kier molecular flexibility index (Phi) is 3.79. The van der Waals surface area contributed by atoms with Crippen LogP contribution in [0, 0.1) is 0 Å². The summed E-state index contributed by atoms with van der Waals surface area (Å²) in [5.74, 6) is -0.0602. The Hall–Kier alpha value is -3.73. The Balaban J connectivity index is 1.49. The minimum atomic E-state index is -0.712. The normalized spacial score (nSPS) is 12.6. The van der Waals surface area contributed by atoms with Gasteiger partial charge in [0.25, 0.3) is 0 Å². The summed E-state index contributed by atoms with van der Waals surface area (Å²) in [6.45, 7) is 0.155. The maximum atomic E-state index is 12.8. The zero-order chi connectivity index (χ0) is 19.1. The third-order valence-corrected chi connectivity index (χ3v) is 5.20. The molecule has 0 fully saturated rings. The van der Waals surface area contributed by atoms with E-state index in [0.29, 0.717) is 10.9 Å². The van der Waals surface area contributed by atoms with Crippen LogP contribution in [0.3, 0.4) is 0 Å². The molecule has 1 aliphatic carbocycles. The molecule has 0 spiro atoms. The van der Waals surface area contributed by atoms with Crippen molar-refractivity contribution < 1.29 is 9.53 Å². The van der Waals surface area contributed by atoms with E-state index in [1.54, 1.807) is 18.2 Å². The molecule has 5 nitrogen and oxygen atoms in total. The Morgan fingerprint density at radius 2 is 1.50 bits per heavy atom. The molecule has 1 aromatic heterocycles. The van der Waals surface area contributed by atoms with Crippen LogP contribution < -0.4 is 5.69 Å². The fourth-order valence-corrected chi connectivity index (χ4v) is 3.92. The van der Waals surface area contributed by atoms with E-state index in [9.17, 15) is 9.59 Å². The van der Waals surface area contributed by atoms with Crippen molar-refractivity contribution in [2.24, 2.45) is 0 Å². The molecule has 0 bridgehead atoms. The molecule has 1 aliphatic rings. The number of benzene rings is 3. The molecule has 0 saturated heterocycles. The van der Waals surface area contributed by atoms with Crippen LogP contribution in [0.15, 0.2) is 83.8 Å². The van der Waals surface area contributed by atoms with Crippen LogP contribution in [-0.2, 0) is 4.74 Å². The van der Waals surface area contributed by atoms with Gasteiger partial charge in [0, 0.05) is 17.5 Å². The summed E-state index contributed by atoms with van der Waals surface area (Å²) >= 11 is 0.